The lowest BCUT2D eigenvalue weighted by molar-refractivity contribution is -0.123. The first-order valence-corrected chi connectivity index (χ1v) is 15.8. The number of hydrogen-bond acceptors (Lipinski definition) is 5. The van der Waals surface area contributed by atoms with E-state index in [0.29, 0.717) is 43.1 Å². The molecule has 0 radical (unpaired) electrons. The normalized spacial score (nSPS) is 17.2. The van der Waals surface area contributed by atoms with Crippen LogP contribution in [0.4, 0.5) is 5.69 Å². The summed E-state index contributed by atoms with van der Waals surface area (Å²) in [7, 11) is -1.98. The van der Waals surface area contributed by atoms with Crippen LogP contribution < -0.4 is 20.3 Å². The van der Waals surface area contributed by atoms with E-state index in [9.17, 15) is 18.0 Å². The zero-order valence-corrected chi connectivity index (χ0v) is 24.7. The summed E-state index contributed by atoms with van der Waals surface area (Å²) >= 11 is 0. The number of anilines is 1. The highest BCUT2D eigenvalue weighted by molar-refractivity contribution is 7.92. The van der Waals surface area contributed by atoms with Crippen molar-refractivity contribution in [3.05, 3.63) is 64.7 Å². The van der Waals surface area contributed by atoms with E-state index in [1.54, 1.807) is 6.07 Å². The third-order valence-electron chi connectivity index (χ3n) is 7.11. The van der Waals surface area contributed by atoms with Gasteiger partial charge >= 0.3 is 0 Å². The van der Waals surface area contributed by atoms with Gasteiger partial charge in [-0.15, -0.1) is 0 Å². The van der Waals surface area contributed by atoms with Crippen molar-refractivity contribution in [2.75, 3.05) is 30.7 Å². The Bertz CT molecular complexity index is 1250. The lowest BCUT2D eigenvalue weighted by Gasteiger charge is -2.24. The summed E-state index contributed by atoms with van der Waals surface area (Å²) in [5, 5.41) is 9.52. The fraction of sp³-hybridized carbons (Fsp3) is 0.533. The summed E-state index contributed by atoms with van der Waals surface area (Å²) in [5.74, 6) is 0.0545. The van der Waals surface area contributed by atoms with E-state index in [1.807, 2.05) is 19.1 Å². The number of fused-ring (bicyclic) bond motifs is 4. The van der Waals surface area contributed by atoms with Crippen LogP contribution in [0.25, 0.3) is 0 Å². The van der Waals surface area contributed by atoms with Gasteiger partial charge in [-0.3, -0.25) is 13.9 Å². The molecule has 9 heteroatoms. The molecule has 2 atom stereocenters. The molecular formula is C30H44N4O4S. The van der Waals surface area contributed by atoms with Crippen LogP contribution in [0.2, 0.25) is 0 Å². The van der Waals surface area contributed by atoms with E-state index >= 15 is 0 Å². The summed E-state index contributed by atoms with van der Waals surface area (Å²) in [4.78, 5) is 26.3. The number of hydrogen-bond donors (Lipinski definition) is 3. The van der Waals surface area contributed by atoms with Crippen molar-refractivity contribution in [2.24, 2.45) is 5.92 Å². The van der Waals surface area contributed by atoms with Gasteiger partial charge in [-0.25, -0.2) is 8.42 Å². The standard InChI is InChI=1S/C30H44N4O4S/c1-6-28(30(36)32-19-21(2)3)31-20-26-16-23-13-9-12-22(14-23)10-7-8-11-24-15-25(29(35)33-26)18-27(17-24)34(4)39(5,37)38/h9,12-15,17-18,21,26,28,31H,6-8,10-11,16,19-20H2,1-5H3,(H,32,36)(H,33,35)/t26?,28-/m0/s1. The third kappa shape index (κ3) is 9.35. The van der Waals surface area contributed by atoms with Crippen molar-refractivity contribution < 1.29 is 18.0 Å². The monoisotopic (exact) mass is 556 g/mol. The summed E-state index contributed by atoms with van der Waals surface area (Å²) in [6, 6.07) is 13.2. The molecule has 0 aliphatic carbocycles. The van der Waals surface area contributed by atoms with Crippen molar-refractivity contribution in [1.29, 1.82) is 0 Å². The molecule has 0 saturated heterocycles. The maximum Gasteiger partial charge on any atom is 0.251 e. The van der Waals surface area contributed by atoms with E-state index in [-0.39, 0.29) is 23.9 Å². The first kappa shape index (κ1) is 30.6. The molecule has 1 unspecified atom stereocenters. The molecule has 3 N–H and O–H groups in total. The van der Waals surface area contributed by atoms with Gasteiger partial charge in [0.2, 0.25) is 15.9 Å². The Morgan fingerprint density at radius 1 is 1.08 bits per heavy atom. The second-order valence-electron chi connectivity index (χ2n) is 11.0. The van der Waals surface area contributed by atoms with Crippen molar-refractivity contribution in [3.63, 3.8) is 0 Å². The Labute approximate surface area is 234 Å². The quantitative estimate of drug-likeness (QED) is 0.439. The van der Waals surface area contributed by atoms with Crippen LogP contribution in [0.5, 0.6) is 0 Å². The van der Waals surface area contributed by atoms with Gasteiger partial charge in [0.15, 0.2) is 0 Å². The van der Waals surface area contributed by atoms with Crippen molar-refractivity contribution in [1.82, 2.24) is 16.0 Å². The smallest absolute Gasteiger partial charge is 0.251 e. The second kappa shape index (κ2) is 13.9. The number of carbonyl (C=O) groups is 2. The SMILES string of the molecule is CC[C@H](NCC1Cc2cccc(c2)CCCCc2cc(cc(N(C)S(C)(=O)=O)c2)C(=O)N1)C(=O)NCC(C)C. The number of sulfonamides is 1. The molecule has 4 bridgehead atoms. The Balaban J connectivity index is 1.89. The first-order chi connectivity index (χ1) is 18.5. The molecule has 39 heavy (non-hydrogen) atoms. The Kier molecular flexibility index (Phi) is 10.9. The molecule has 0 aromatic heterocycles. The van der Waals surface area contributed by atoms with Gasteiger partial charge in [0.25, 0.3) is 5.91 Å². The summed E-state index contributed by atoms with van der Waals surface area (Å²) in [6.07, 6.45) is 6.01. The molecule has 214 valence electrons. The fourth-order valence-electron chi connectivity index (χ4n) is 4.76. The molecule has 3 rings (SSSR count). The van der Waals surface area contributed by atoms with Crippen molar-refractivity contribution in [3.8, 4) is 0 Å². The van der Waals surface area contributed by atoms with Gasteiger partial charge < -0.3 is 16.0 Å². The van der Waals surface area contributed by atoms with Crippen LogP contribution in [0.3, 0.4) is 0 Å². The number of carbonyl (C=O) groups excluding carboxylic acids is 2. The fourth-order valence-corrected chi connectivity index (χ4v) is 5.24. The number of rotatable bonds is 9. The number of amides is 2. The highest BCUT2D eigenvalue weighted by Crippen LogP contribution is 2.23. The number of aryl methyl sites for hydroxylation is 2. The maximum atomic E-state index is 13.5. The van der Waals surface area contributed by atoms with Crippen LogP contribution in [0.15, 0.2) is 42.5 Å². The van der Waals surface area contributed by atoms with Crippen LogP contribution >= 0.6 is 0 Å². The Hall–Kier alpha value is -2.91. The van der Waals surface area contributed by atoms with E-state index in [2.05, 4.69) is 54.1 Å². The predicted octanol–water partition coefficient (Wildman–Crippen LogP) is 3.44. The molecule has 2 aromatic carbocycles. The van der Waals surface area contributed by atoms with Gasteiger partial charge in [0.1, 0.15) is 0 Å². The third-order valence-corrected chi connectivity index (χ3v) is 8.32. The van der Waals surface area contributed by atoms with Gasteiger partial charge in [-0.2, -0.15) is 0 Å². The van der Waals surface area contributed by atoms with Gasteiger partial charge in [-0.1, -0.05) is 45.0 Å². The summed E-state index contributed by atoms with van der Waals surface area (Å²) < 4.78 is 25.7. The minimum absolute atomic E-state index is 0.0402. The summed E-state index contributed by atoms with van der Waals surface area (Å²) in [6.45, 7) is 7.11. The molecule has 1 heterocycles. The van der Waals surface area contributed by atoms with E-state index in [4.69, 9.17) is 0 Å². The average molecular weight is 557 g/mol. The molecule has 0 fully saturated rings. The molecular weight excluding hydrogens is 512 g/mol. The summed E-state index contributed by atoms with van der Waals surface area (Å²) in [5.41, 5.74) is 4.21. The minimum atomic E-state index is -3.48. The lowest BCUT2D eigenvalue weighted by atomic mass is 9.97. The lowest BCUT2D eigenvalue weighted by Crippen LogP contribution is -2.50. The van der Waals surface area contributed by atoms with E-state index < -0.39 is 10.0 Å². The van der Waals surface area contributed by atoms with E-state index in [0.717, 1.165) is 43.1 Å². The van der Waals surface area contributed by atoms with Crippen LogP contribution in [-0.4, -0.2) is 58.7 Å². The van der Waals surface area contributed by atoms with Crippen LogP contribution in [-0.2, 0) is 34.1 Å². The zero-order chi connectivity index (χ0) is 28.6. The van der Waals surface area contributed by atoms with E-state index in [1.165, 1.54) is 16.9 Å². The van der Waals surface area contributed by atoms with Gasteiger partial charge in [0.05, 0.1) is 18.0 Å². The molecule has 2 amide bonds. The molecule has 1 aliphatic heterocycles. The first-order valence-electron chi connectivity index (χ1n) is 13.9. The molecule has 0 spiro atoms. The molecule has 8 nitrogen and oxygen atoms in total. The topological polar surface area (TPSA) is 108 Å². The van der Waals surface area contributed by atoms with Crippen LogP contribution in [0, 0.1) is 5.92 Å². The zero-order valence-electron chi connectivity index (χ0n) is 23.9. The maximum absolute atomic E-state index is 13.5. The molecule has 2 aromatic rings. The van der Waals surface area contributed by atoms with Crippen molar-refractivity contribution in [2.45, 2.75) is 71.4 Å². The predicted molar refractivity (Wildman–Crippen MR) is 158 cm³/mol. The number of nitrogens with one attached hydrogen (secondary N) is 3. The Morgan fingerprint density at radius 3 is 2.44 bits per heavy atom. The average Bonchev–Trinajstić information content (AvgIpc) is 2.88. The number of nitrogens with zero attached hydrogens (tertiary/aromatic N) is 1. The largest absolute Gasteiger partial charge is 0.354 e. The van der Waals surface area contributed by atoms with Gasteiger partial charge in [-0.05, 0) is 79.3 Å². The number of benzene rings is 2. The van der Waals surface area contributed by atoms with Crippen molar-refractivity contribution >= 4 is 27.5 Å². The Morgan fingerprint density at radius 2 is 1.77 bits per heavy atom. The minimum Gasteiger partial charge on any atom is -0.354 e. The highest BCUT2D eigenvalue weighted by atomic mass is 32.2. The molecule has 0 saturated carbocycles. The van der Waals surface area contributed by atoms with Crippen LogP contribution in [0.1, 0.15) is 67.1 Å². The second-order valence-corrected chi connectivity index (χ2v) is 13.0. The molecule has 1 aliphatic rings. The van der Waals surface area contributed by atoms with Gasteiger partial charge in [0, 0.05) is 31.7 Å². The highest BCUT2D eigenvalue weighted by Gasteiger charge is 2.22.